The summed E-state index contributed by atoms with van der Waals surface area (Å²) in [5.41, 5.74) is 3.12. The Morgan fingerprint density at radius 2 is 2.00 bits per heavy atom. The van der Waals surface area contributed by atoms with E-state index in [-0.39, 0.29) is 0 Å². The summed E-state index contributed by atoms with van der Waals surface area (Å²) in [6.45, 7) is 0. The van der Waals surface area contributed by atoms with Crippen molar-refractivity contribution in [2.45, 2.75) is 0 Å². The number of rotatable bonds is 2. The van der Waals surface area contributed by atoms with Gasteiger partial charge < -0.3 is 0 Å². The number of nitrogens with one attached hydrogen (secondary N) is 1. The van der Waals surface area contributed by atoms with E-state index in [0.717, 1.165) is 21.4 Å². The van der Waals surface area contributed by atoms with Crippen LogP contribution < -0.4 is 0 Å². The van der Waals surface area contributed by atoms with E-state index in [4.69, 9.17) is 0 Å². The molecular weight excluding hydrogens is 296 g/mol. The van der Waals surface area contributed by atoms with E-state index in [1.165, 1.54) is 4.88 Å². The van der Waals surface area contributed by atoms with Crippen LogP contribution in [-0.2, 0) is 0 Å². The number of halogens is 1. The smallest absolute Gasteiger partial charge is 0.0938 e. The van der Waals surface area contributed by atoms with Crippen LogP contribution in [0, 0.1) is 0 Å². The molecule has 4 heteroatoms. The topological polar surface area (TPSA) is 28.7 Å². The monoisotopic (exact) mass is 304 g/mol. The highest BCUT2D eigenvalue weighted by Crippen LogP contribution is 2.30. The van der Waals surface area contributed by atoms with Crippen molar-refractivity contribution in [3.05, 3.63) is 52.3 Å². The fourth-order valence-corrected chi connectivity index (χ4v) is 2.87. The third-order valence-corrected chi connectivity index (χ3v) is 4.11. The van der Waals surface area contributed by atoms with E-state index in [9.17, 15) is 0 Å². The molecule has 0 saturated heterocycles. The minimum Gasteiger partial charge on any atom is -0.276 e. The first-order valence-corrected chi connectivity index (χ1v) is 6.86. The van der Waals surface area contributed by atoms with Gasteiger partial charge in [0.2, 0.25) is 0 Å². The van der Waals surface area contributed by atoms with Crippen LogP contribution in [0.2, 0.25) is 0 Å². The van der Waals surface area contributed by atoms with Crippen LogP contribution >= 0.6 is 27.3 Å². The molecular formula is C13H9BrN2S. The fraction of sp³-hybridized carbons (Fsp3) is 0. The SMILES string of the molecule is Brc1ccccc1-c1cc(-c2cccs2)[nH]n1. The molecule has 0 bridgehead atoms. The predicted octanol–water partition coefficient (Wildman–Crippen LogP) is 4.57. The minimum absolute atomic E-state index is 0.959. The van der Waals surface area contributed by atoms with Crippen molar-refractivity contribution in [1.82, 2.24) is 10.2 Å². The Morgan fingerprint density at radius 3 is 2.76 bits per heavy atom. The van der Waals surface area contributed by atoms with Gasteiger partial charge in [-0.05, 0) is 23.6 Å². The molecule has 1 N–H and O–H groups in total. The Kier molecular flexibility index (Phi) is 2.82. The van der Waals surface area contributed by atoms with Gasteiger partial charge in [0.1, 0.15) is 0 Å². The van der Waals surface area contributed by atoms with Crippen LogP contribution in [0.3, 0.4) is 0 Å². The molecule has 2 heterocycles. The van der Waals surface area contributed by atoms with Gasteiger partial charge in [-0.3, -0.25) is 5.10 Å². The predicted molar refractivity (Wildman–Crippen MR) is 75.0 cm³/mol. The zero-order valence-electron chi connectivity index (χ0n) is 8.85. The van der Waals surface area contributed by atoms with Gasteiger partial charge in [0.05, 0.1) is 16.3 Å². The zero-order valence-corrected chi connectivity index (χ0v) is 11.3. The van der Waals surface area contributed by atoms with Crippen molar-refractivity contribution in [2.75, 3.05) is 0 Å². The number of H-pyrrole nitrogens is 1. The van der Waals surface area contributed by atoms with Gasteiger partial charge in [-0.1, -0.05) is 40.2 Å². The quantitative estimate of drug-likeness (QED) is 0.738. The van der Waals surface area contributed by atoms with Crippen molar-refractivity contribution in [3.63, 3.8) is 0 Å². The molecule has 2 aromatic heterocycles. The average molecular weight is 305 g/mol. The number of aromatic amines is 1. The molecule has 3 rings (SSSR count). The highest BCUT2D eigenvalue weighted by molar-refractivity contribution is 9.10. The van der Waals surface area contributed by atoms with Crippen LogP contribution in [0.5, 0.6) is 0 Å². The lowest BCUT2D eigenvalue weighted by Gasteiger charge is -1.98. The maximum atomic E-state index is 4.35. The van der Waals surface area contributed by atoms with Crippen LogP contribution in [0.15, 0.2) is 52.3 Å². The molecule has 0 amide bonds. The average Bonchev–Trinajstić information content (AvgIpc) is 3.00. The molecule has 0 saturated carbocycles. The van der Waals surface area contributed by atoms with Gasteiger partial charge in [-0.25, -0.2) is 0 Å². The highest BCUT2D eigenvalue weighted by Gasteiger charge is 2.08. The largest absolute Gasteiger partial charge is 0.276 e. The second kappa shape index (κ2) is 4.47. The van der Waals surface area contributed by atoms with E-state index in [2.05, 4.69) is 49.7 Å². The summed E-state index contributed by atoms with van der Waals surface area (Å²) in [7, 11) is 0. The normalized spacial score (nSPS) is 10.6. The second-order valence-electron chi connectivity index (χ2n) is 3.62. The number of benzene rings is 1. The minimum atomic E-state index is 0.959. The van der Waals surface area contributed by atoms with Gasteiger partial charge in [0.15, 0.2) is 0 Å². The van der Waals surface area contributed by atoms with E-state index < -0.39 is 0 Å². The first-order valence-electron chi connectivity index (χ1n) is 5.19. The summed E-state index contributed by atoms with van der Waals surface area (Å²) in [5, 5.41) is 9.49. The molecule has 0 atom stereocenters. The first kappa shape index (κ1) is 10.7. The molecule has 0 unspecified atom stereocenters. The summed E-state index contributed by atoms with van der Waals surface area (Å²) in [6, 6.07) is 14.3. The fourth-order valence-electron chi connectivity index (χ4n) is 1.69. The van der Waals surface area contributed by atoms with Crippen molar-refractivity contribution >= 4 is 27.3 Å². The van der Waals surface area contributed by atoms with Gasteiger partial charge in [-0.2, -0.15) is 5.10 Å². The van der Waals surface area contributed by atoms with Crippen LogP contribution in [-0.4, -0.2) is 10.2 Å². The van der Waals surface area contributed by atoms with Crippen LogP contribution in [0.25, 0.3) is 21.8 Å². The van der Waals surface area contributed by atoms with Crippen molar-refractivity contribution in [1.29, 1.82) is 0 Å². The van der Waals surface area contributed by atoms with Crippen molar-refractivity contribution < 1.29 is 0 Å². The molecule has 84 valence electrons. The molecule has 3 aromatic rings. The van der Waals surface area contributed by atoms with Crippen LogP contribution in [0.1, 0.15) is 0 Å². The number of hydrogen-bond donors (Lipinski definition) is 1. The molecule has 17 heavy (non-hydrogen) atoms. The Balaban J connectivity index is 2.04. The van der Waals surface area contributed by atoms with E-state index in [0.29, 0.717) is 0 Å². The van der Waals surface area contributed by atoms with E-state index >= 15 is 0 Å². The molecule has 0 aliphatic heterocycles. The Labute approximate surface area is 111 Å². The summed E-state index contributed by atoms with van der Waals surface area (Å²) < 4.78 is 1.06. The lowest BCUT2D eigenvalue weighted by Crippen LogP contribution is -1.78. The van der Waals surface area contributed by atoms with Gasteiger partial charge >= 0.3 is 0 Å². The number of thiophene rings is 1. The number of hydrogen-bond acceptors (Lipinski definition) is 2. The van der Waals surface area contributed by atoms with Crippen molar-refractivity contribution in [2.24, 2.45) is 0 Å². The summed E-state index contributed by atoms with van der Waals surface area (Å²) in [6.07, 6.45) is 0. The van der Waals surface area contributed by atoms with Gasteiger partial charge in [0.25, 0.3) is 0 Å². The highest BCUT2D eigenvalue weighted by atomic mass is 79.9. The number of nitrogens with zero attached hydrogens (tertiary/aromatic N) is 1. The molecule has 1 aromatic carbocycles. The molecule has 2 nitrogen and oxygen atoms in total. The maximum absolute atomic E-state index is 4.35. The van der Waals surface area contributed by atoms with Gasteiger partial charge in [0, 0.05) is 10.0 Å². The van der Waals surface area contributed by atoms with Crippen molar-refractivity contribution in [3.8, 4) is 21.8 Å². The Bertz CT molecular complexity index is 628. The molecule has 0 fully saturated rings. The molecule has 0 spiro atoms. The molecule has 0 radical (unpaired) electrons. The lowest BCUT2D eigenvalue weighted by molar-refractivity contribution is 1.10. The Hall–Kier alpha value is -1.39. The maximum Gasteiger partial charge on any atom is 0.0938 e. The summed E-state index contributed by atoms with van der Waals surface area (Å²) in [4.78, 5) is 1.20. The van der Waals surface area contributed by atoms with E-state index in [1.54, 1.807) is 11.3 Å². The third kappa shape index (κ3) is 2.06. The molecule has 0 aliphatic carbocycles. The second-order valence-corrected chi connectivity index (χ2v) is 5.43. The van der Waals surface area contributed by atoms with Crippen LogP contribution in [0.4, 0.5) is 0 Å². The first-order chi connectivity index (χ1) is 8.34. The summed E-state index contributed by atoms with van der Waals surface area (Å²) in [5.74, 6) is 0. The Morgan fingerprint density at radius 1 is 1.12 bits per heavy atom. The van der Waals surface area contributed by atoms with Gasteiger partial charge in [-0.15, -0.1) is 11.3 Å². The number of aromatic nitrogens is 2. The lowest BCUT2D eigenvalue weighted by atomic mass is 10.1. The third-order valence-electron chi connectivity index (χ3n) is 2.51. The van der Waals surface area contributed by atoms with E-state index in [1.807, 2.05) is 24.3 Å². The molecule has 0 aliphatic rings. The summed E-state index contributed by atoms with van der Waals surface area (Å²) >= 11 is 5.25. The zero-order chi connectivity index (χ0) is 11.7. The standard InChI is InChI=1S/C13H9BrN2S/c14-10-5-2-1-4-9(10)11-8-12(16-15-11)13-6-3-7-17-13/h1-8H,(H,15,16).